The SMILES string of the molecule is CC(C)(C)OC(=O)NC[C@H](O)c1ccncc1. The molecule has 0 radical (unpaired) electrons. The summed E-state index contributed by atoms with van der Waals surface area (Å²) in [4.78, 5) is 15.2. The van der Waals surface area contributed by atoms with E-state index in [-0.39, 0.29) is 6.54 Å². The van der Waals surface area contributed by atoms with Gasteiger partial charge in [-0.25, -0.2) is 4.79 Å². The standard InChI is InChI=1S/C12H18N2O3/c1-12(2,3)17-11(16)14-8-10(15)9-4-6-13-7-5-9/h4-7,10,15H,8H2,1-3H3,(H,14,16)/t10-/m0/s1. The van der Waals surface area contributed by atoms with Gasteiger partial charge >= 0.3 is 6.09 Å². The van der Waals surface area contributed by atoms with Gasteiger partial charge in [0.15, 0.2) is 0 Å². The van der Waals surface area contributed by atoms with Crippen LogP contribution in [0.25, 0.3) is 0 Å². The van der Waals surface area contributed by atoms with Crippen LogP contribution in [-0.2, 0) is 4.74 Å². The Hall–Kier alpha value is -1.62. The second-order valence-electron chi connectivity index (χ2n) is 4.68. The first-order valence-electron chi connectivity index (χ1n) is 5.43. The molecule has 1 aromatic heterocycles. The van der Waals surface area contributed by atoms with Crippen LogP contribution in [0.1, 0.15) is 32.4 Å². The van der Waals surface area contributed by atoms with Gasteiger partial charge in [-0.15, -0.1) is 0 Å². The van der Waals surface area contributed by atoms with Crippen molar-refractivity contribution in [3.05, 3.63) is 30.1 Å². The van der Waals surface area contributed by atoms with Crippen LogP contribution in [0, 0.1) is 0 Å². The summed E-state index contributed by atoms with van der Waals surface area (Å²) in [5.41, 5.74) is 0.169. The Morgan fingerprint density at radius 2 is 2.06 bits per heavy atom. The lowest BCUT2D eigenvalue weighted by atomic mass is 10.1. The smallest absolute Gasteiger partial charge is 0.407 e. The van der Waals surface area contributed by atoms with E-state index in [1.165, 1.54) is 0 Å². The van der Waals surface area contributed by atoms with Crippen molar-refractivity contribution in [1.82, 2.24) is 10.3 Å². The van der Waals surface area contributed by atoms with Crippen LogP contribution in [0.15, 0.2) is 24.5 Å². The molecule has 1 rings (SSSR count). The van der Waals surface area contributed by atoms with Crippen molar-refractivity contribution in [2.45, 2.75) is 32.5 Å². The largest absolute Gasteiger partial charge is 0.444 e. The van der Waals surface area contributed by atoms with Gasteiger partial charge in [-0.1, -0.05) is 0 Å². The fourth-order valence-electron chi connectivity index (χ4n) is 1.20. The number of rotatable bonds is 3. The van der Waals surface area contributed by atoms with Gasteiger partial charge in [-0.2, -0.15) is 0 Å². The number of hydrogen-bond acceptors (Lipinski definition) is 4. The molecule has 0 aliphatic carbocycles. The van der Waals surface area contributed by atoms with Crippen molar-refractivity contribution in [2.24, 2.45) is 0 Å². The first kappa shape index (κ1) is 13.4. The predicted molar refractivity (Wildman–Crippen MR) is 63.4 cm³/mol. The van der Waals surface area contributed by atoms with Crippen LogP contribution in [0.4, 0.5) is 4.79 Å². The number of pyridine rings is 1. The van der Waals surface area contributed by atoms with E-state index in [2.05, 4.69) is 10.3 Å². The van der Waals surface area contributed by atoms with Crippen molar-refractivity contribution in [1.29, 1.82) is 0 Å². The van der Waals surface area contributed by atoms with Crippen LogP contribution >= 0.6 is 0 Å². The molecule has 0 spiro atoms. The van der Waals surface area contributed by atoms with Gasteiger partial charge in [-0.3, -0.25) is 4.98 Å². The number of carbonyl (C=O) groups excluding carboxylic acids is 1. The number of nitrogens with one attached hydrogen (secondary N) is 1. The summed E-state index contributed by atoms with van der Waals surface area (Å²) >= 11 is 0. The molecule has 0 saturated carbocycles. The lowest BCUT2D eigenvalue weighted by molar-refractivity contribution is 0.0492. The molecule has 1 aromatic rings. The fraction of sp³-hybridized carbons (Fsp3) is 0.500. The van der Waals surface area contributed by atoms with Crippen LogP contribution in [0.2, 0.25) is 0 Å². The Morgan fingerprint density at radius 1 is 1.47 bits per heavy atom. The van der Waals surface area contributed by atoms with Crippen LogP contribution in [0.5, 0.6) is 0 Å². The van der Waals surface area contributed by atoms with E-state index < -0.39 is 17.8 Å². The van der Waals surface area contributed by atoms with E-state index in [9.17, 15) is 9.90 Å². The van der Waals surface area contributed by atoms with E-state index in [0.29, 0.717) is 5.56 Å². The number of aromatic nitrogens is 1. The Balaban J connectivity index is 2.39. The molecule has 0 aliphatic heterocycles. The van der Waals surface area contributed by atoms with E-state index >= 15 is 0 Å². The van der Waals surface area contributed by atoms with Crippen molar-refractivity contribution in [3.63, 3.8) is 0 Å². The molecule has 0 bridgehead atoms. The van der Waals surface area contributed by atoms with Crippen LogP contribution < -0.4 is 5.32 Å². The highest BCUT2D eigenvalue weighted by Gasteiger charge is 2.17. The lowest BCUT2D eigenvalue weighted by Crippen LogP contribution is -2.34. The molecule has 2 N–H and O–H groups in total. The molecule has 0 unspecified atom stereocenters. The van der Waals surface area contributed by atoms with Gasteiger partial charge in [-0.05, 0) is 38.5 Å². The Bertz CT molecular complexity index is 360. The third-order valence-corrected chi connectivity index (χ3v) is 1.93. The normalized spacial score (nSPS) is 12.9. The Kier molecular flexibility index (Phi) is 4.45. The molecule has 1 heterocycles. The van der Waals surface area contributed by atoms with Crippen molar-refractivity contribution >= 4 is 6.09 Å². The highest BCUT2D eigenvalue weighted by atomic mass is 16.6. The summed E-state index contributed by atoms with van der Waals surface area (Å²) in [5.74, 6) is 0. The van der Waals surface area contributed by atoms with Crippen molar-refractivity contribution in [2.75, 3.05) is 6.54 Å². The Morgan fingerprint density at radius 3 is 2.59 bits per heavy atom. The summed E-state index contributed by atoms with van der Waals surface area (Å²) in [6, 6.07) is 3.39. The highest BCUT2D eigenvalue weighted by Crippen LogP contribution is 2.10. The zero-order valence-corrected chi connectivity index (χ0v) is 10.3. The number of alkyl carbamates (subject to hydrolysis) is 1. The quantitative estimate of drug-likeness (QED) is 0.839. The van der Waals surface area contributed by atoms with Gasteiger partial charge in [0, 0.05) is 12.4 Å². The van der Waals surface area contributed by atoms with Gasteiger partial charge in [0.1, 0.15) is 5.60 Å². The summed E-state index contributed by atoms with van der Waals surface area (Å²) in [5, 5.41) is 12.3. The molecule has 1 atom stereocenters. The minimum atomic E-state index is -0.759. The predicted octanol–water partition coefficient (Wildman–Crippen LogP) is 1.64. The van der Waals surface area contributed by atoms with Crippen LogP contribution in [-0.4, -0.2) is 28.3 Å². The van der Waals surface area contributed by atoms with Gasteiger partial charge in [0.05, 0.1) is 12.6 Å². The Labute approximate surface area is 101 Å². The molecule has 5 heteroatoms. The van der Waals surface area contributed by atoms with Crippen molar-refractivity contribution in [3.8, 4) is 0 Å². The van der Waals surface area contributed by atoms with Gasteiger partial charge in [0.25, 0.3) is 0 Å². The lowest BCUT2D eigenvalue weighted by Gasteiger charge is -2.20. The minimum Gasteiger partial charge on any atom is -0.444 e. The van der Waals surface area contributed by atoms with Crippen LogP contribution in [0.3, 0.4) is 0 Å². The third-order valence-electron chi connectivity index (χ3n) is 1.93. The average Bonchev–Trinajstić information content (AvgIpc) is 2.25. The zero-order chi connectivity index (χ0) is 12.9. The fourth-order valence-corrected chi connectivity index (χ4v) is 1.20. The monoisotopic (exact) mass is 238 g/mol. The molecule has 0 fully saturated rings. The first-order chi connectivity index (χ1) is 7.88. The summed E-state index contributed by atoms with van der Waals surface area (Å²) in [7, 11) is 0. The molecule has 0 aliphatic rings. The summed E-state index contributed by atoms with van der Waals surface area (Å²) in [6.45, 7) is 5.46. The molecular formula is C12H18N2O3. The third kappa shape index (κ3) is 5.31. The number of aliphatic hydroxyl groups is 1. The number of carbonyl (C=O) groups is 1. The topological polar surface area (TPSA) is 71.5 Å². The second kappa shape index (κ2) is 5.63. The number of ether oxygens (including phenoxy) is 1. The summed E-state index contributed by atoms with van der Waals surface area (Å²) in [6.07, 6.45) is 1.88. The second-order valence-corrected chi connectivity index (χ2v) is 4.68. The molecule has 0 saturated heterocycles. The summed E-state index contributed by atoms with van der Waals surface area (Å²) < 4.78 is 5.05. The zero-order valence-electron chi connectivity index (χ0n) is 10.3. The number of amides is 1. The first-order valence-corrected chi connectivity index (χ1v) is 5.43. The van der Waals surface area contributed by atoms with E-state index in [0.717, 1.165) is 0 Å². The maximum absolute atomic E-state index is 11.3. The number of nitrogens with zero attached hydrogens (tertiary/aromatic N) is 1. The maximum atomic E-state index is 11.3. The number of hydrogen-bond donors (Lipinski definition) is 2. The van der Waals surface area contributed by atoms with E-state index in [4.69, 9.17) is 4.74 Å². The van der Waals surface area contributed by atoms with Gasteiger partial charge < -0.3 is 15.2 Å². The van der Waals surface area contributed by atoms with Gasteiger partial charge in [0.2, 0.25) is 0 Å². The molecule has 17 heavy (non-hydrogen) atoms. The average molecular weight is 238 g/mol. The van der Waals surface area contributed by atoms with E-state index in [1.807, 2.05) is 0 Å². The molecular weight excluding hydrogens is 220 g/mol. The molecule has 5 nitrogen and oxygen atoms in total. The van der Waals surface area contributed by atoms with Crippen molar-refractivity contribution < 1.29 is 14.6 Å². The highest BCUT2D eigenvalue weighted by molar-refractivity contribution is 5.67. The minimum absolute atomic E-state index is 0.110. The van der Waals surface area contributed by atoms with E-state index in [1.54, 1.807) is 45.3 Å². The molecule has 94 valence electrons. The number of aliphatic hydroxyl groups excluding tert-OH is 1. The molecule has 1 amide bonds. The molecule has 0 aromatic carbocycles. The maximum Gasteiger partial charge on any atom is 0.407 e.